The molecule has 1 aliphatic rings. The molecule has 3 heteroatoms. The molecule has 0 bridgehead atoms. The van der Waals surface area contributed by atoms with E-state index in [1.165, 1.54) is 13.0 Å². The predicted molar refractivity (Wildman–Crippen MR) is 50.2 cm³/mol. The maximum Gasteiger partial charge on any atom is 0.106 e. The van der Waals surface area contributed by atoms with Crippen LogP contribution in [-0.2, 0) is 0 Å². The van der Waals surface area contributed by atoms with Crippen molar-refractivity contribution in [1.82, 2.24) is 0 Å². The van der Waals surface area contributed by atoms with Crippen molar-refractivity contribution in [1.29, 1.82) is 0 Å². The highest BCUT2D eigenvalue weighted by Crippen LogP contribution is 2.33. The first kappa shape index (κ1) is 10.7. The first-order valence-electron chi connectivity index (χ1n) is 4.61. The van der Waals surface area contributed by atoms with E-state index in [2.05, 4.69) is 0 Å². The van der Waals surface area contributed by atoms with E-state index in [0.29, 0.717) is 0 Å². The molecule has 0 spiro atoms. The minimum absolute atomic E-state index is 0.0366. The lowest BCUT2D eigenvalue weighted by Gasteiger charge is -2.40. The molecule has 0 unspecified atom stereocenters. The van der Waals surface area contributed by atoms with E-state index in [1.54, 1.807) is 6.08 Å². The second-order valence-electron chi connectivity index (χ2n) is 4.43. The fraction of sp³-hybridized carbons (Fsp3) is 0.800. The standard InChI is InChI=1S/C10H18O3/c1-7(2)10(13)5-4-9(3,12)8(11)6-10/h4-5,7-8,11-13H,6H2,1-3H3/t8-,9-,10+/m1/s1. The quantitative estimate of drug-likeness (QED) is 0.521. The Labute approximate surface area is 78.7 Å². The smallest absolute Gasteiger partial charge is 0.106 e. The molecular weight excluding hydrogens is 168 g/mol. The molecule has 3 atom stereocenters. The van der Waals surface area contributed by atoms with Crippen LogP contribution in [-0.4, -0.2) is 32.6 Å². The van der Waals surface area contributed by atoms with Crippen molar-refractivity contribution in [3.8, 4) is 0 Å². The van der Waals surface area contributed by atoms with Crippen molar-refractivity contribution < 1.29 is 15.3 Å². The number of hydrogen-bond acceptors (Lipinski definition) is 3. The lowest BCUT2D eigenvalue weighted by atomic mass is 9.75. The van der Waals surface area contributed by atoms with Gasteiger partial charge in [-0.05, 0) is 12.8 Å². The van der Waals surface area contributed by atoms with E-state index in [4.69, 9.17) is 0 Å². The number of aliphatic hydroxyl groups excluding tert-OH is 1. The third kappa shape index (κ3) is 1.93. The summed E-state index contributed by atoms with van der Waals surface area (Å²) in [6.45, 7) is 5.31. The summed E-state index contributed by atoms with van der Waals surface area (Å²) in [5.74, 6) is 0.0366. The van der Waals surface area contributed by atoms with Crippen LogP contribution >= 0.6 is 0 Å². The van der Waals surface area contributed by atoms with Crippen molar-refractivity contribution in [2.75, 3.05) is 0 Å². The zero-order valence-corrected chi connectivity index (χ0v) is 8.36. The van der Waals surface area contributed by atoms with Gasteiger partial charge in [-0.3, -0.25) is 0 Å². The van der Waals surface area contributed by atoms with Crippen LogP contribution < -0.4 is 0 Å². The van der Waals surface area contributed by atoms with E-state index in [0.717, 1.165) is 0 Å². The van der Waals surface area contributed by atoms with Crippen LogP contribution in [0.4, 0.5) is 0 Å². The van der Waals surface area contributed by atoms with Gasteiger partial charge in [-0.15, -0.1) is 0 Å². The Hall–Kier alpha value is -0.380. The molecule has 1 aliphatic carbocycles. The predicted octanol–water partition coefficient (Wildman–Crippen LogP) is 0.445. The molecule has 3 N–H and O–H groups in total. The number of hydrogen-bond donors (Lipinski definition) is 3. The monoisotopic (exact) mass is 186 g/mol. The molecule has 0 fully saturated rings. The van der Waals surface area contributed by atoms with Crippen LogP contribution in [0.5, 0.6) is 0 Å². The summed E-state index contributed by atoms with van der Waals surface area (Å²) >= 11 is 0. The van der Waals surface area contributed by atoms with Gasteiger partial charge in [0.25, 0.3) is 0 Å². The Bertz CT molecular complexity index is 220. The molecular formula is C10H18O3. The molecule has 0 amide bonds. The third-order valence-electron chi connectivity index (χ3n) is 2.90. The molecule has 0 heterocycles. The first-order valence-corrected chi connectivity index (χ1v) is 4.61. The van der Waals surface area contributed by atoms with Crippen LogP contribution in [0.1, 0.15) is 27.2 Å². The van der Waals surface area contributed by atoms with Crippen LogP contribution in [0.3, 0.4) is 0 Å². The van der Waals surface area contributed by atoms with Gasteiger partial charge in [0, 0.05) is 6.42 Å². The SMILES string of the molecule is CC(C)[C@]1(O)C=C[C@@](C)(O)[C@H](O)C1. The second kappa shape index (κ2) is 3.08. The summed E-state index contributed by atoms with van der Waals surface area (Å²) < 4.78 is 0. The summed E-state index contributed by atoms with van der Waals surface area (Å²) in [6, 6.07) is 0. The zero-order chi connectivity index (χ0) is 10.3. The van der Waals surface area contributed by atoms with Gasteiger partial charge in [-0.25, -0.2) is 0 Å². The van der Waals surface area contributed by atoms with Gasteiger partial charge < -0.3 is 15.3 Å². The molecule has 0 aromatic heterocycles. The third-order valence-corrected chi connectivity index (χ3v) is 2.90. The van der Waals surface area contributed by atoms with Gasteiger partial charge >= 0.3 is 0 Å². The van der Waals surface area contributed by atoms with E-state index in [-0.39, 0.29) is 12.3 Å². The minimum atomic E-state index is -1.21. The maximum atomic E-state index is 9.99. The topological polar surface area (TPSA) is 60.7 Å². The highest BCUT2D eigenvalue weighted by atomic mass is 16.3. The number of rotatable bonds is 1. The Morgan fingerprint density at radius 1 is 1.31 bits per heavy atom. The van der Waals surface area contributed by atoms with E-state index in [1.807, 2.05) is 13.8 Å². The maximum absolute atomic E-state index is 9.99. The van der Waals surface area contributed by atoms with Gasteiger partial charge in [0.15, 0.2) is 0 Å². The molecule has 3 nitrogen and oxygen atoms in total. The summed E-state index contributed by atoms with van der Waals surface area (Å²) in [5.41, 5.74) is -2.19. The van der Waals surface area contributed by atoms with Crippen molar-refractivity contribution in [3.63, 3.8) is 0 Å². The van der Waals surface area contributed by atoms with Gasteiger partial charge in [0.05, 0.1) is 11.7 Å². The number of aliphatic hydroxyl groups is 3. The van der Waals surface area contributed by atoms with Crippen LogP contribution in [0.25, 0.3) is 0 Å². The van der Waals surface area contributed by atoms with E-state index < -0.39 is 17.3 Å². The van der Waals surface area contributed by atoms with E-state index in [9.17, 15) is 15.3 Å². The molecule has 0 saturated heterocycles. The molecule has 0 aromatic rings. The largest absolute Gasteiger partial charge is 0.390 e. The summed E-state index contributed by atoms with van der Waals surface area (Å²) in [7, 11) is 0. The lowest BCUT2D eigenvalue weighted by molar-refractivity contribution is -0.0907. The Morgan fingerprint density at radius 2 is 1.85 bits per heavy atom. The Morgan fingerprint density at radius 3 is 2.23 bits per heavy atom. The second-order valence-corrected chi connectivity index (χ2v) is 4.43. The van der Waals surface area contributed by atoms with Crippen molar-refractivity contribution in [2.24, 2.45) is 5.92 Å². The van der Waals surface area contributed by atoms with Gasteiger partial charge in [-0.1, -0.05) is 26.0 Å². The molecule has 1 rings (SSSR count). The summed E-state index contributed by atoms with van der Waals surface area (Å²) in [6.07, 6.45) is 2.35. The highest BCUT2D eigenvalue weighted by molar-refractivity contribution is 5.17. The molecule has 0 radical (unpaired) electrons. The Kier molecular flexibility index (Phi) is 2.54. The first-order chi connectivity index (χ1) is 5.78. The normalized spacial score (nSPS) is 45.6. The van der Waals surface area contributed by atoms with Gasteiger partial charge in [0.2, 0.25) is 0 Å². The van der Waals surface area contributed by atoms with Gasteiger partial charge in [0.1, 0.15) is 5.60 Å². The fourth-order valence-electron chi connectivity index (χ4n) is 1.44. The molecule has 0 aliphatic heterocycles. The van der Waals surface area contributed by atoms with Crippen LogP contribution in [0, 0.1) is 5.92 Å². The minimum Gasteiger partial charge on any atom is -0.390 e. The van der Waals surface area contributed by atoms with Crippen LogP contribution in [0.15, 0.2) is 12.2 Å². The highest BCUT2D eigenvalue weighted by Gasteiger charge is 2.41. The molecule has 76 valence electrons. The van der Waals surface area contributed by atoms with Crippen molar-refractivity contribution >= 4 is 0 Å². The zero-order valence-electron chi connectivity index (χ0n) is 8.36. The fourth-order valence-corrected chi connectivity index (χ4v) is 1.44. The summed E-state index contributed by atoms with van der Waals surface area (Å²) in [5, 5.41) is 29.2. The van der Waals surface area contributed by atoms with Crippen LogP contribution in [0.2, 0.25) is 0 Å². The molecule has 0 saturated carbocycles. The molecule has 0 aromatic carbocycles. The van der Waals surface area contributed by atoms with Gasteiger partial charge in [-0.2, -0.15) is 0 Å². The summed E-state index contributed by atoms with van der Waals surface area (Å²) in [4.78, 5) is 0. The van der Waals surface area contributed by atoms with Crippen molar-refractivity contribution in [2.45, 2.75) is 44.5 Å². The van der Waals surface area contributed by atoms with E-state index >= 15 is 0 Å². The Balaban J connectivity index is 2.90. The molecule has 13 heavy (non-hydrogen) atoms. The van der Waals surface area contributed by atoms with Crippen molar-refractivity contribution in [3.05, 3.63) is 12.2 Å². The average Bonchev–Trinajstić information content (AvgIpc) is 1.98. The lowest BCUT2D eigenvalue weighted by Crippen LogP contribution is -2.49. The average molecular weight is 186 g/mol.